The smallest absolute Gasteiger partial charge is 0.406 e. The van der Waals surface area contributed by atoms with Gasteiger partial charge in [0, 0.05) is 29.7 Å². The minimum atomic E-state index is -4.76. The van der Waals surface area contributed by atoms with Crippen LogP contribution in [-0.2, 0) is 0 Å². The lowest BCUT2D eigenvalue weighted by atomic mass is 10.0. The van der Waals surface area contributed by atoms with Crippen molar-refractivity contribution in [1.29, 1.82) is 0 Å². The van der Waals surface area contributed by atoms with Crippen molar-refractivity contribution in [2.24, 2.45) is 0 Å². The van der Waals surface area contributed by atoms with E-state index in [1.807, 2.05) is 31.2 Å². The number of nitrogens with zero attached hydrogens (tertiary/aromatic N) is 2. The van der Waals surface area contributed by atoms with E-state index in [-0.39, 0.29) is 11.3 Å². The number of aryl methyl sites for hydroxylation is 1. The minimum absolute atomic E-state index is 0.276. The van der Waals surface area contributed by atoms with E-state index in [0.29, 0.717) is 5.69 Å². The number of benzene rings is 2. The average molecular weight is 428 g/mol. The zero-order chi connectivity index (χ0) is 21.3. The van der Waals surface area contributed by atoms with Crippen LogP contribution in [0.25, 0.3) is 27.3 Å². The summed E-state index contributed by atoms with van der Waals surface area (Å²) >= 11 is 1.55. The molecule has 0 aliphatic carbocycles. The van der Waals surface area contributed by atoms with E-state index in [9.17, 15) is 18.0 Å². The van der Waals surface area contributed by atoms with Gasteiger partial charge in [-0.05, 0) is 47.9 Å². The number of ether oxygens (including phenoxy) is 1. The van der Waals surface area contributed by atoms with Crippen LogP contribution in [0.4, 0.5) is 13.2 Å². The van der Waals surface area contributed by atoms with E-state index in [4.69, 9.17) is 0 Å². The molecule has 152 valence electrons. The van der Waals surface area contributed by atoms with E-state index < -0.39 is 6.36 Å². The van der Waals surface area contributed by atoms with Crippen molar-refractivity contribution in [2.45, 2.75) is 13.3 Å². The summed E-state index contributed by atoms with van der Waals surface area (Å²) in [6, 6.07) is 14.6. The third-order valence-electron chi connectivity index (χ3n) is 4.52. The zero-order valence-electron chi connectivity index (χ0n) is 15.7. The van der Waals surface area contributed by atoms with E-state index in [1.165, 1.54) is 34.9 Å². The van der Waals surface area contributed by atoms with Gasteiger partial charge >= 0.3 is 6.36 Å². The highest BCUT2D eigenvalue weighted by atomic mass is 32.1. The third kappa shape index (κ3) is 4.28. The number of alkyl halides is 3. The number of aromatic nitrogens is 2. The van der Waals surface area contributed by atoms with Crippen molar-refractivity contribution in [3.8, 4) is 33.0 Å². The van der Waals surface area contributed by atoms with Crippen LogP contribution in [0.1, 0.15) is 5.56 Å². The predicted molar refractivity (Wildman–Crippen MR) is 110 cm³/mol. The molecular weight excluding hydrogens is 413 g/mol. The molecule has 0 radical (unpaired) electrons. The number of thiazole rings is 1. The summed E-state index contributed by atoms with van der Waals surface area (Å²) in [5, 5.41) is 0. The van der Waals surface area contributed by atoms with Crippen molar-refractivity contribution < 1.29 is 17.9 Å². The Morgan fingerprint density at radius 1 is 1.00 bits per heavy atom. The highest BCUT2D eigenvalue weighted by molar-refractivity contribution is 7.13. The molecule has 0 amide bonds. The Bertz CT molecular complexity index is 1210. The average Bonchev–Trinajstić information content (AvgIpc) is 3.23. The fourth-order valence-electron chi connectivity index (χ4n) is 3.11. The van der Waals surface area contributed by atoms with Gasteiger partial charge in [-0.2, -0.15) is 0 Å². The maximum atomic E-state index is 12.5. The summed E-state index contributed by atoms with van der Waals surface area (Å²) < 4.78 is 42.3. The first-order valence-electron chi connectivity index (χ1n) is 8.89. The molecule has 0 N–H and O–H groups in total. The maximum absolute atomic E-state index is 12.5. The molecule has 0 spiro atoms. The lowest BCUT2D eigenvalue weighted by Crippen LogP contribution is -2.18. The Balaban J connectivity index is 1.68. The van der Waals surface area contributed by atoms with Crippen molar-refractivity contribution in [3.05, 3.63) is 88.4 Å². The van der Waals surface area contributed by atoms with Gasteiger partial charge in [-0.15, -0.1) is 24.5 Å². The summed E-state index contributed by atoms with van der Waals surface area (Å²) in [5.74, 6) is -0.342. The monoisotopic (exact) mass is 428 g/mol. The first kappa shape index (κ1) is 19.9. The molecule has 4 aromatic rings. The molecule has 4 rings (SSSR count). The van der Waals surface area contributed by atoms with Gasteiger partial charge in [-0.25, -0.2) is 0 Å². The molecule has 4 nitrogen and oxygen atoms in total. The summed E-state index contributed by atoms with van der Waals surface area (Å²) in [6.45, 7) is 1.85. The summed E-state index contributed by atoms with van der Waals surface area (Å²) in [7, 11) is 0. The molecule has 0 aliphatic rings. The quantitative estimate of drug-likeness (QED) is 0.411. The fourth-order valence-corrected chi connectivity index (χ4v) is 3.74. The number of hydrogen-bond acceptors (Lipinski definition) is 4. The van der Waals surface area contributed by atoms with Crippen LogP contribution in [0, 0.1) is 6.92 Å². The molecule has 8 heteroatoms. The zero-order valence-corrected chi connectivity index (χ0v) is 16.5. The van der Waals surface area contributed by atoms with Gasteiger partial charge in [0.1, 0.15) is 5.75 Å². The van der Waals surface area contributed by atoms with Crippen molar-refractivity contribution in [2.75, 3.05) is 0 Å². The van der Waals surface area contributed by atoms with Gasteiger partial charge in [0.25, 0.3) is 5.56 Å². The lowest BCUT2D eigenvalue weighted by Gasteiger charge is -2.13. The number of halogens is 3. The summed E-state index contributed by atoms with van der Waals surface area (Å²) in [5.41, 5.74) is 5.56. The van der Waals surface area contributed by atoms with Gasteiger partial charge in [-0.3, -0.25) is 14.3 Å². The third-order valence-corrected chi connectivity index (χ3v) is 5.34. The first-order valence-corrected chi connectivity index (χ1v) is 9.77. The highest BCUT2D eigenvalue weighted by Crippen LogP contribution is 2.29. The number of pyridine rings is 1. The Kier molecular flexibility index (Phi) is 5.17. The van der Waals surface area contributed by atoms with E-state index in [1.54, 1.807) is 29.2 Å². The van der Waals surface area contributed by atoms with Gasteiger partial charge in [0.15, 0.2) is 0 Å². The molecule has 2 aromatic heterocycles. The van der Waals surface area contributed by atoms with Crippen molar-refractivity contribution in [1.82, 2.24) is 9.55 Å². The number of rotatable bonds is 4. The standard InChI is InChI=1S/C22H15F3N2O2S/c1-14-10-21(28)27(17-6-8-18(9-7-17)29-22(23,24)25)12-19(14)15-2-4-16(5-3-15)20-11-26-13-30-20/h2-13H,1H3. The molecule has 0 bridgehead atoms. The molecule has 0 atom stereocenters. The molecule has 0 fully saturated rings. The van der Waals surface area contributed by atoms with Gasteiger partial charge in [-0.1, -0.05) is 24.3 Å². The van der Waals surface area contributed by atoms with Gasteiger partial charge < -0.3 is 4.74 Å². The molecule has 0 saturated carbocycles. The second kappa shape index (κ2) is 7.79. The van der Waals surface area contributed by atoms with Crippen LogP contribution >= 0.6 is 11.3 Å². The first-order chi connectivity index (χ1) is 14.3. The lowest BCUT2D eigenvalue weighted by molar-refractivity contribution is -0.274. The Labute approximate surface area is 173 Å². The van der Waals surface area contributed by atoms with Crippen LogP contribution in [0.3, 0.4) is 0 Å². The minimum Gasteiger partial charge on any atom is -0.406 e. The maximum Gasteiger partial charge on any atom is 0.573 e. The Morgan fingerprint density at radius 2 is 1.67 bits per heavy atom. The molecular formula is C22H15F3N2O2S. The topological polar surface area (TPSA) is 44.1 Å². The Morgan fingerprint density at radius 3 is 2.27 bits per heavy atom. The Hall–Kier alpha value is -3.39. The van der Waals surface area contributed by atoms with Gasteiger partial charge in [0.05, 0.1) is 10.4 Å². The highest BCUT2D eigenvalue weighted by Gasteiger charge is 2.31. The second-order valence-corrected chi connectivity index (χ2v) is 7.45. The van der Waals surface area contributed by atoms with Crippen LogP contribution in [0.2, 0.25) is 0 Å². The molecule has 30 heavy (non-hydrogen) atoms. The molecule has 0 saturated heterocycles. The largest absolute Gasteiger partial charge is 0.573 e. The van der Waals surface area contributed by atoms with Crippen LogP contribution in [0.15, 0.2) is 77.3 Å². The van der Waals surface area contributed by atoms with E-state index in [2.05, 4.69) is 9.72 Å². The van der Waals surface area contributed by atoms with Crippen molar-refractivity contribution >= 4 is 11.3 Å². The second-order valence-electron chi connectivity index (χ2n) is 6.56. The van der Waals surface area contributed by atoms with E-state index >= 15 is 0 Å². The number of hydrogen-bond donors (Lipinski definition) is 0. The van der Waals surface area contributed by atoms with Gasteiger partial charge in [0.2, 0.25) is 0 Å². The van der Waals surface area contributed by atoms with Crippen molar-refractivity contribution in [3.63, 3.8) is 0 Å². The molecule has 2 aromatic carbocycles. The fraction of sp³-hybridized carbons (Fsp3) is 0.0909. The molecule has 0 unspecified atom stereocenters. The molecule has 2 heterocycles. The van der Waals surface area contributed by atoms with Crippen LogP contribution in [0.5, 0.6) is 5.75 Å². The van der Waals surface area contributed by atoms with E-state index in [0.717, 1.165) is 27.1 Å². The summed E-state index contributed by atoms with van der Waals surface area (Å²) in [4.78, 5) is 17.6. The normalized spacial score (nSPS) is 11.5. The SMILES string of the molecule is Cc1cc(=O)n(-c2ccc(OC(F)(F)F)cc2)cc1-c1ccc(-c2cncs2)cc1. The predicted octanol–water partition coefficient (Wildman–Crippen LogP) is 5.84. The van der Waals surface area contributed by atoms with Crippen LogP contribution < -0.4 is 10.3 Å². The molecule has 0 aliphatic heterocycles. The van der Waals surface area contributed by atoms with Crippen LogP contribution in [-0.4, -0.2) is 15.9 Å². The summed E-state index contributed by atoms with van der Waals surface area (Å²) in [6.07, 6.45) is -1.27.